The third kappa shape index (κ3) is 3.98. The number of nitrogens with zero attached hydrogens (tertiary/aromatic N) is 2. The van der Waals surface area contributed by atoms with Gasteiger partial charge in [0.15, 0.2) is 0 Å². The minimum absolute atomic E-state index is 0.0798. The maximum absolute atomic E-state index is 11.4. The first kappa shape index (κ1) is 14.4. The van der Waals surface area contributed by atoms with Gasteiger partial charge in [-0.3, -0.25) is 4.68 Å². The fourth-order valence-electron chi connectivity index (χ4n) is 2.08. The number of carbonyl (C=O) groups excluding carboxylic acids is 1. The molecular formula is C15H22N4O. The number of hydrogen-bond acceptors (Lipinski definition) is 2. The molecule has 1 aromatic carbocycles. The van der Waals surface area contributed by atoms with E-state index in [1.54, 1.807) is 0 Å². The SMILES string of the molecule is CCCCNC(=O)NCCCn1ncc2ccccc21. The third-order valence-electron chi connectivity index (χ3n) is 3.20. The van der Waals surface area contributed by atoms with Gasteiger partial charge in [-0.2, -0.15) is 5.10 Å². The van der Waals surface area contributed by atoms with Gasteiger partial charge >= 0.3 is 6.03 Å². The highest BCUT2D eigenvalue weighted by molar-refractivity contribution is 5.78. The molecule has 2 N–H and O–H groups in total. The van der Waals surface area contributed by atoms with Crippen LogP contribution in [0.1, 0.15) is 26.2 Å². The van der Waals surface area contributed by atoms with Crippen molar-refractivity contribution >= 4 is 16.9 Å². The van der Waals surface area contributed by atoms with Crippen LogP contribution >= 0.6 is 0 Å². The number of aromatic nitrogens is 2. The molecule has 0 aliphatic heterocycles. The summed E-state index contributed by atoms with van der Waals surface area (Å²) in [6, 6.07) is 8.06. The molecule has 0 atom stereocenters. The van der Waals surface area contributed by atoms with Crippen molar-refractivity contribution in [3.63, 3.8) is 0 Å². The van der Waals surface area contributed by atoms with Gasteiger partial charge in [-0.1, -0.05) is 31.5 Å². The number of benzene rings is 1. The van der Waals surface area contributed by atoms with Crippen LogP contribution in [-0.4, -0.2) is 28.9 Å². The third-order valence-corrected chi connectivity index (χ3v) is 3.20. The average Bonchev–Trinajstić information content (AvgIpc) is 2.87. The molecule has 2 aromatic rings. The molecule has 20 heavy (non-hydrogen) atoms. The van der Waals surface area contributed by atoms with E-state index in [1.807, 2.05) is 23.0 Å². The van der Waals surface area contributed by atoms with Gasteiger partial charge in [0.2, 0.25) is 0 Å². The molecule has 2 rings (SSSR count). The van der Waals surface area contributed by atoms with Crippen molar-refractivity contribution in [3.8, 4) is 0 Å². The molecule has 108 valence electrons. The number of rotatable bonds is 7. The predicted octanol–water partition coefficient (Wildman–Crippen LogP) is 2.53. The quantitative estimate of drug-likeness (QED) is 0.762. The Balaban J connectivity index is 1.70. The topological polar surface area (TPSA) is 59.0 Å². The van der Waals surface area contributed by atoms with E-state index in [0.717, 1.165) is 43.3 Å². The minimum Gasteiger partial charge on any atom is -0.338 e. The Kier molecular flexibility index (Phi) is 5.41. The van der Waals surface area contributed by atoms with E-state index in [9.17, 15) is 4.79 Å². The van der Waals surface area contributed by atoms with Crippen molar-refractivity contribution in [2.24, 2.45) is 0 Å². The number of fused-ring (bicyclic) bond motifs is 1. The Hall–Kier alpha value is -2.04. The van der Waals surface area contributed by atoms with E-state index in [4.69, 9.17) is 0 Å². The van der Waals surface area contributed by atoms with E-state index < -0.39 is 0 Å². The molecule has 0 bridgehead atoms. The lowest BCUT2D eigenvalue weighted by Gasteiger charge is -2.07. The first-order valence-corrected chi connectivity index (χ1v) is 7.23. The Bertz CT molecular complexity index is 550. The number of aryl methyl sites for hydroxylation is 1. The number of hydrogen-bond donors (Lipinski definition) is 2. The average molecular weight is 274 g/mol. The van der Waals surface area contributed by atoms with Crippen LogP contribution in [0, 0.1) is 0 Å². The second kappa shape index (κ2) is 7.53. The van der Waals surface area contributed by atoms with Gasteiger partial charge in [0.1, 0.15) is 0 Å². The summed E-state index contributed by atoms with van der Waals surface area (Å²) in [5.41, 5.74) is 1.14. The molecule has 5 nitrogen and oxygen atoms in total. The van der Waals surface area contributed by atoms with Gasteiger partial charge in [0, 0.05) is 25.0 Å². The number of nitrogens with one attached hydrogen (secondary N) is 2. The molecule has 0 aliphatic carbocycles. The van der Waals surface area contributed by atoms with Gasteiger partial charge in [-0.25, -0.2) is 4.79 Å². The number of carbonyl (C=O) groups is 1. The Morgan fingerprint density at radius 1 is 1.20 bits per heavy atom. The van der Waals surface area contributed by atoms with Crippen LogP contribution in [0.25, 0.3) is 10.9 Å². The lowest BCUT2D eigenvalue weighted by molar-refractivity contribution is 0.240. The zero-order valence-corrected chi connectivity index (χ0v) is 11.9. The first-order valence-electron chi connectivity index (χ1n) is 7.23. The highest BCUT2D eigenvalue weighted by Gasteiger charge is 2.02. The molecule has 1 heterocycles. The van der Waals surface area contributed by atoms with Crippen LogP contribution in [0.4, 0.5) is 4.79 Å². The van der Waals surface area contributed by atoms with Crippen molar-refractivity contribution < 1.29 is 4.79 Å². The zero-order valence-electron chi connectivity index (χ0n) is 11.9. The van der Waals surface area contributed by atoms with Crippen molar-refractivity contribution in [2.75, 3.05) is 13.1 Å². The maximum atomic E-state index is 11.4. The molecule has 0 radical (unpaired) electrons. The molecule has 0 aliphatic rings. The fourth-order valence-corrected chi connectivity index (χ4v) is 2.08. The summed E-state index contributed by atoms with van der Waals surface area (Å²) in [7, 11) is 0. The zero-order chi connectivity index (χ0) is 14.2. The van der Waals surface area contributed by atoms with E-state index in [1.165, 1.54) is 0 Å². The summed E-state index contributed by atoms with van der Waals surface area (Å²) >= 11 is 0. The van der Waals surface area contributed by atoms with Crippen LogP contribution in [0.5, 0.6) is 0 Å². The molecule has 1 aromatic heterocycles. The number of para-hydroxylation sites is 1. The van der Waals surface area contributed by atoms with Crippen molar-refractivity contribution in [3.05, 3.63) is 30.5 Å². The minimum atomic E-state index is -0.0798. The normalized spacial score (nSPS) is 10.7. The summed E-state index contributed by atoms with van der Waals surface area (Å²) in [6.45, 7) is 4.31. The van der Waals surface area contributed by atoms with Gasteiger partial charge < -0.3 is 10.6 Å². The van der Waals surface area contributed by atoms with Gasteiger partial charge in [-0.15, -0.1) is 0 Å². The van der Waals surface area contributed by atoms with E-state index in [-0.39, 0.29) is 6.03 Å². The number of unbranched alkanes of at least 4 members (excludes halogenated alkanes) is 1. The predicted molar refractivity (Wildman–Crippen MR) is 80.7 cm³/mol. The van der Waals surface area contributed by atoms with Crippen molar-refractivity contribution in [1.82, 2.24) is 20.4 Å². The Morgan fingerprint density at radius 2 is 1.95 bits per heavy atom. The lowest BCUT2D eigenvalue weighted by atomic mass is 10.2. The van der Waals surface area contributed by atoms with Crippen LogP contribution in [-0.2, 0) is 6.54 Å². The molecule has 2 amide bonds. The maximum Gasteiger partial charge on any atom is 0.314 e. The van der Waals surface area contributed by atoms with Gasteiger partial charge in [-0.05, 0) is 18.9 Å². The van der Waals surface area contributed by atoms with Crippen molar-refractivity contribution in [2.45, 2.75) is 32.7 Å². The molecule has 5 heteroatoms. The second-order valence-electron chi connectivity index (χ2n) is 4.82. The number of amides is 2. The molecular weight excluding hydrogens is 252 g/mol. The van der Waals surface area contributed by atoms with E-state index >= 15 is 0 Å². The summed E-state index contributed by atoms with van der Waals surface area (Å²) in [5, 5.41) is 11.2. The fraction of sp³-hybridized carbons (Fsp3) is 0.467. The van der Waals surface area contributed by atoms with Gasteiger partial charge in [0.25, 0.3) is 0 Å². The highest BCUT2D eigenvalue weighted by atomic mass is 16.2. The monoisotopic (exact) mass is 274 g/mol. The molecule has 0 fully saturated rings. The van der Waals surface area contributed by atoms with Crippen molar-refractivity contribution in [1.29, 1.82) is 0 Å². The smallest absolute Gasteiger partial charge is 0.314 e. The van der Waals surface area contributed by atoms with E-state index in [0.29, 0.717) is 6.54 Å². The Morgan fingerprint density at radius 3 is 2.75 bits per heavy atom. The lowest BCUT2D eigenvalue weighted by Crippen LogP contribution is -2.36. The van der Waals surface area contributed by atoms with Gasteiger partial charge in [0.05, 0.1) is 11.7 Å². The van der Waals surface area contributed by atoms with Crippen LogP contribution in [0.3, 0.4) is 0 Å². The summed E-state index contributed by atoms with van der Waals surface area (Å²) in [5.74, 6) is 0. The first-order chi connectivity index (χ1) is 9.81. The molecule has 0 spiro atoms. The van der Waals surface area contributed by atoms with Crippen LogP contribution in [0.2, 0.25) is 0 Å². The highest BCUT2D eigenvalue weighted by Crippen LogP contribution is 2.12. The Labute approximate surface area is 119 Å². The molecule has 0 saturated carbocycles. The molecule has 0 unspecified atom stereocenters. The second-order valence-corrected chi connectivity index (χ2v) is 4.82. The van der Waals surface area contributed by atoms with Crippen LogP contribution in [0.15, 0.2) is 30.5 Å². The summed E-state index contributed by atoms with van der Waals surface area (Å²) < 4.78 is 1.98. The van der Waals surface area contributed by atoms with E-state index in [2.05, 4.69) is 34.8 Å². The summed E-state index contributed by atoms with van der Waals surface area (Å²) in [6.07, 6.45) is 4.85. The molecule has 0 saturated heterocycles. The number of urea groups is 1. The standard InChI is InChI=1S/C15H22N4O/c1-2-3-9-16-15(20)17-10-6-11-19-14-8-5-4-7-13(14)12-18-19/h4-5,7-8,12H,2-3,6,9-11H2,1H3,(H2,16,17,20). The largest absolute Gasteiger partial charge is 0.338 e. The van der Waals surface area contributed by atoms with Crippen LogP contribution < -0.4 is 10.6 Å². The summed E-state index contributed by atoms with van der Waals surface area (Å²) in [4.78, 5) is 11.4.